The van der Waals surface area contributed by atoms with E-state index in [0.29, 0.717) is 23.7 Å². The van der Waals surface area contributed by atoms with E-state index < -0.39 is 11.6 Å². The molecule has 1 amide bonds. The topological polar surface area (TPSA) is 80.6 Å². The van der Waals surface area contributed by atoms with E-state index in [4.69, 9.17) is 4.74 Å². The van der Waals surface area contributed by atoms with Crippen LogP contribution in [0.5, 0.6) is 5.75 Å². The fourth-order valence-electron chi connectivity index (χ4n) is 6.06. The summed E-state index contributed by atoms with van der Waals surface area (Å²) in [4.78, 5) is 25.1. The number of aliphatic carboxylic acids is 1. The van der Waals surface area contributed by atoms with E-state index in [1.54, 1.807) is 19.9 Å². The van der Waals surface area contributed by atoms with Gasteiger partial charge in [-0.15, -0.1) is 0 Å². The highest BCUT2D eigenvalue weighted by Crippen LogP contribution is 2.35. The number of ether oxygens (including phenoxy) is 1. The van der Waals surface area contributed by atoms with Crippen molar-refractivity contribution in [3.8, 4) is 5.75 Å². The van der Waals surface area contributed by atoms with E-state index in [1.807, 2.05) is 25.1 Å². The van der Waals surface area contributed by atoms with Crippen molar-refractivity contribution in [1.82, 2.24) is 9.88 Å². The van der Waals surface area contributed by atoms with Crippen LogP contribution in [0.1, 0.15) is 104 Å². The molecule has 232 valence electrons. The van der Waals surface area contributed by atoms with E-state index in [-0.39, 0.29) is 11.9 Å². The molecule has 6 heteroatoms. The molecule has 4 aromatic rings. The molecule has 1 aromatic heterocycles. The highest BCUT2D eigenvalue weighted by molar-refractivity contribution is 5.99. The maximum absolute atomic E-state index is 13.5. The molecule has 44 heavy (non-hydrogen) atoms. The van der Waals surface area contributed by atoms with Crippen LogP contribution in [0.15, 0.2) is 66.7 Å². The van der Waals surface area contributed by atoms with Gasteiger partial charge in [0.15, 0.2) is 5.60 Å². The predicted octanol–water partition coefficient (Wildman–Crippen LogP) is 8.42. The summed E-state index contributed by atoms with van der Waals surface area (Å²) >= 11 is 0. The van der Waals surface area contributed by atoms with Crippen molar-refractivity contribution in [3.63, 3.8) is 0 Å². The second-order valence-electron chi connectivity index (χ2n) is 13.0. The third kappa shape index (κ3) is 7.01. The monoisotopic (exact) mass is 594 g/mol. The Hall–Kier alpha value is -4.06. The summed E-state index contributed by atoms with van der Waals surface area (Å²) < 4.78 is 8.22. The SMILES string of the molecule is CCCCc1ccc([C@H](C)NC(=O)c2ccc3c(Cc4cccc(OC(C)(C)C(=O)O)c4)c(C)n(CC4CCC4)c3c2)cc1. The molecule has 2 N–H and O–H groups in total. The molecular formula is C38H46N2O4. The number of carboxylic acid groups (broad SMARTS) is 1. The summed E-state index contributed by atoms with van der Waals surface area (Å²) in [7, 11) is 0. The molecule has 0 bridgehead atoms. The van der Waals surface area contributed by atoms with Crippen LogP contribution < -0.4 is 10.1 Å². The van der Waals surface area contributed by atoms with Crippen LogP contribution in [0.4, 0.5) is 0 Å². The van der Waals surface area contributed by atoms with Crippen LogP contribution in [0.3, 0.4) is 0 Å². The van der Waals surface area contributed by atoms with Crippen LogP contribution in [0.2, 0.25) is 0 Å². The Morgan fingerprint density at radius 3 is 2.45 bits per heavy atom. The smallest absolute Gasteiger partial charge is 0.347 e. The van der Waals surface area contributed by atoms with Crippen molar-refractivity contribution in [3.05, 3.63) is 100 Å². The largest absolute Gasteiger partial charge is 0.478 e. The summed E-state index contributed by atoms with van der Waals surface area (Å²) in [6.45, 7) is 10.5. The van der Waals surface area contributed by atoms with Gasteiger partial charge in [0.25, 0.3) is 5.91 Å². The van der Waals surface area contributed by atoms with Crippen LogP contribution in [0, 0.1) is 12.8 Å². The third-order valence-electron chi connectivity index (χ3n) is 9.20. The van der Waals surface area contributed by atoms with E-state index in [2.05, 4.69) is 66.2 Å². The molecule has 1 saturated carbocycles. The Kier molecular flexibility index (Phi) is 9.48. The van der Waals surface area contributed by atoms with Crippen molar-refractivity contribution in [2.45, 2.75) is 97.8 Å². The van der Waals surface area contributed by atoms with Gasteiger partial charge in [-0.3, -0.25) is 4.79 Å². The number of carboxylic acids is 1. The lowest BCUT2D eigenvalue weighted by Gasteiger charge is -2.27. The first-order chi connectivity index (χ1) is 21.1. The molecule has 5 rings (SSSR count). The maximum atomic E-state index is 13.5. The van der Waals surface area contributed by atoms with Gasteiger partial charge in [0.2, 0.25) is 0 Å². The second-order valence-corrected chi connectivity index (χ2v) is 13.0. The normalized spacial score (nSPS) is 14.3. The number of carbonyl (C=O) groups excluding carboxylic acids is 1. The molecule has 3 aromatic carbocycles. The average Bonchev–Trinajstić information content (AvgIpc) is 3.23. The lowest BCUT2D eigenvalue weighted by Crippen LogP contribution is -2.37. The first-order valence-electron chi connectivity index (χ1n) is 16.1. The van der Waals surface area contributed by atoms with Gasteiger partial charge in [0.1, 0.15) is 5.75 Å². The summed E-state index contributed by atoms with van der Waals surface area (Å²) in [5.41, 5.74) is 6.34. The van der Waals surface area contributed by atoms with Gasteiger partial charge >= 0.3 is 5.97 Å². The number of benzene rings is 3. The number of hydrogen-bond acceptors (Lipinski definition) is 3. The van der Waals surface area contributed by atoms with E-state index in [9.17, 15) is 14.7 Å². The van der Waals surface area contributed by atoms with Crippen LogP contribution in [-0.2, 0) is 24.2 Å². The van der Waals surface area contributed by atoms with Gasteiger partial charge in [-0.1, -0.05) is 62.2 Å². The van der Waals surface area contributed by atoms with Crippen molar-refractivity contribution < 1.29 is 19.4 Å². The number of nitrogens with one attached hydrogen (secondary N) is 1. The number of aromatic nitrogens is 1. The van der Waals surface area contributed by atoms with Gasteiger partial charge in [-0.25, -0.2) is 4.79 Å². The van der Waals surface area contributed by atoms with Crippen molar-refractivity contribution >= 4 is 22.8 Å². The Balaban J connectivity index is 1.40. The van der Waals surface area contributed by atoms with E-state index in [0.717, 1.165) is 35.0 Å². The van der Waals surface area contributed by atoms with Gasteiger partial charge < -0.3 is 19.7 Å². The minimum absolute atomic E-state index is 0.0732. The Labute approximate surface area is 261 Å². The second kappa shape index (κ2) is 13.3. The number of hydrogen-bond donors (Lipinski definition) is 2. The molecule has 0 radical (unpaired) electrons. The zero-order chi connectivity index (χ0) is 31.4. The maximum Gasteiger partial charge on any atom is 0.347 e. The molecule has 1 fully saturated rings. The highest BCUT2D eigenvalue weighted by atomic mass is 16.5. The van der Waals surface area contributed by atoms with Crippen molar-refractivity contribution in [2.24, 2.45) is 5.92 Å². The van der Waals surface area contributed by atoms with E-state index >= 15 is 0 Å². The molecule has 6 nitrogen and oxygen atoms in total. The van der Waals surface area contributed by atoms with Crippen LogP contribution >= 0.6 is 0 Å². The Morgan fingerprint density at radius 2 is 1.80 bits per heavy atom. The van der Waals surface area contributed by atoms with E-state index in [1.165, 1.54) is 48.9 Å². The summed E-state index contributed by atoms with van der Waals surface area (Å²) in [5, 5.41) is 13.9. The molecule has 1 aliphatic carbocycles. The summed E-state index contributed by atoms with van der Waals surface area (Å²) in [6, 6.07) is 22.3. The van der Waals surface area contributed by atoms with Crippen LogP contribution in [0.25, 0.3) is 10.9 Å². The van der Waals surface area contributed by atoms with Gasteiger partial charge in [-0.2, -0.15) is 0 Å². The quantitative estimate of drug-likeness (QED) is 0.163. The highest BCUT2D eigenvalue weighted by Gasteiger charge is 2.29. The molecule has 1 atom stereocenters. The average molecular weight is 595 g/mol. The number of rotatable bonds is 13. The summed E-state index contributed by atoms with van der Waals surface area (Å²) in [5.74, 6) is 0.114. The zero-order valence-corrected chi connectivity index (χ0v) is 26.8. The minimum atomic E-state index is -1.32. The number of amides is 1. The lowest BCUT2D eigenvalue weighted by atomic mass is 9.85. The zero-order valence-electron chi connectivity index (χ0n) is 26.8. The molecule has 0 aliphatic heterocycles. The van der Waals surface area contributed by atoms with Crippen molar-refractivity contribution in [1.29, 1.82) is 0 Å². The van der Waals surface area contributed by atoms with Gasteiger partial charge in [-0.05, 0) is 112 Å². The number of carbonyl (C=O) groups is 2. The molecule has 0 spiro atoms. The molecule has 1 aliphatic rings. The fourth-order valence-corrected chi connectivity index (χ4v) is 6.06. The van der Waals surface area contributed by atoms with Crippen molar-refractivity contribution in [2.75, 3.05) is 0 Å². The molecule has 1 heterocycles. The summed E-state index contributed by atoms with van der Waals surface area (Å²) in [6.07, 6.45) is 7.89. The standard InChI is InChI=1S/C38H46N2O4/c1-6-7-10-27-15-17-30(18-16-27)25(2)39-36(41)31-19-20-33-34(26(3)40(35(33)23-31)24-28-11-8-12-28)22-29-13-9-14-32(21-29)44-38(4,5)37(42)43/h9,13-21,23,25,28H,6-8,10-12,22,24H2,1-5H3,(H,39,41)(H,42,43)/t25-/m0/s1. The molecule has 0 saturated heterocycles. The molecule has 0 unspecified atom stereocenters. The number of nitrogens with zero attached hydrogens (tertiary/aromatic N) is 1. The van der Waals surface area contributed by atoms with Gasteiger partial charge in [0, 0.05) is 28.7 Å². The first kappa shape index (κ1) is 31.4. The third-order valence-corrected chi connectivity index (χ3v) is 9.20. The van der Waals surface area contributed by atoms with Crippen LogP contribution in [-0.4, -0.2) is 27.2 Å². The Morgan fingerprint density at radius 1 is 1.05 bits per heavy atom. The number of aryl methyl sites for hydroxylation is 1. The predicted molar refractivity (Wildman–Crippen MR) is 177 cm³/mol. The Bertz CT molecular complexity index is 1630. The number of unbranched alkanes of at least 4 members (excludes halogenated alkanes) is 1. The lowest BCUT2D eigenvalue weighted by molar-refractivity contribution is -0.152. The fraction of sp³-hybridized carbons (Fsp3) is 0.421. The minimum Gasteiger partial charge on any atom is -0.478 e. The molecular weight excluding hydrogens is 548 g/mol. The van der Waals surface area contributed by atoms with Gasteiger partial charge in [0.05, 0.1) is 6.04 Å². The number of fused-ring (bicyclic) bond motifs is 1. The first-order valence-corrected chi connectivity index (χ1v) is 16.1.